The third kappa shape index (κ3) is 7.29. The van der Waals surface area contributed by atoms with E-state index in [1.165, 1.54) is 4.90 Å². The summed E-state index contributed by atoms with van der Waals surface area (Å²) >= 11 is 0. The number of likely N-dealkylation sites (N-methyl/N-ethyl adjacent to an activating group) is 2. The van der Waals surface area contributed by atoms with Crippen LogP contribution in [-0.2, 0) is 4.79 Å². The molecule has 0 fully saturated rings. The van der Waals surface area contributed by atoms with Gasteiger partial charge in [-0.05, 0) is 67.9 Å². The normalized spacial score (nSPS) is 13.4. The first-order valence-electron chi connectivity index (χ1n) is 13.9. The number of pyridine rings is 2. The Morgan fingerprint density at radius 1 is 0.976 bits per heavy atom. The lowest BCUT2D eigenvalue weighted by molar-refractivity contribution is -0.114. The van der Waals surface area contributed by atoms with Gasteiger partial charge in [-0.1, -0.05) is 19.1 Å². The Kier molecular flexibility index (Phi) is 9.39. The summed E-state index contributed by atoms with van der Waals surface area (Å²) in [5.74, 6) is 1.07. The molecule has 1 aliphatic rings. The van der Waals surface area contributed by atoms with Gasteiger partial charge in [0, 0.05) is 82.0 Å². The number of carbonyl (C=O) groups excluding carboxylic acids is 2. The number of Topliss-reactive ketones (excluding diaryl/α,β-unsaturated/α-hetero) is 1. The molecule has 9 heteroatoms. The van der Waals surface area contributed by atoms with E-state index in [0.717, 1.165) is 58.0 Å². The average Bonchev–Trinajstić information content (AvgIpc) is 2.95. The van der Waals surface area contributed by atoms with E-state index in [9.17, 15) is 9.59 Å². The van der Waals surface area contributed by atoms with Crippen molar-refractivity contribution in [1.82, 2.24) is 19.8 Å². The second-order valence-corrected chi connectivity index (χ2v) is 11.3. The summed E-state index contributed by atoms with van der Waals surface area (Å²) in [4.78, 5) is 40.7. The van der Waals surface area contributed by atoms with Gasteiger partial charge in [0.25, 0.3) is 0 Å². The lowest BCUT2D eigenvalue weighted by atomic mass is 9.86. The molecule has 4 rings (SSSR count). The van der Waals surface area contributed by atoms with Crippen LogP contribution in [0.3, 0.4) is 0 Å². The van der Waals surface area contributed by atoms with Crippen LogP contribution in [-0.4, -0.2) is 86.5 Å². The molecular weight excluding hydrogens is 514 g/mol. The summed E-state index contributed by atoms with van der Waals surface area (Å²) in [5.41, 5.74) is 7.05. The van der Waals surface area contributed by atoms with E-state index in [1.54, 1.807) is 26.5 Å². The van der Waals surface area contributed by atoms with Crippen LogP contribution in [0.25, 0.3) is 16.7 Å². The van der Waals surface area contributed by atoms with Gasteiger partial charge in [-0.25, -0.2) is 9.78 Å². The van der Waals surface area contributed by atoms with E-state index < -0.39 is 0 Å². The van der Waals surface area contributed by atoms with Crippen molar-refractivity contribution in [3.05, 3.63) is 71.7 Å². The van der Waals surface area contributed by atoms with E-state index in [1.807, 2.05) is 50.5 Å². The first-order valence-corrected chi connectivity index (χ1v) is 13.9. The molecule has 0 saturated heterocycles. The quantitative estimate of drug-likeness (QED) is 0.355. The van der Waals surface area contributed by atoms with Gasteiger partial charge in [0.05, 0.1) is 11.9 Å². The number of allylic oxidation sites excluding steroid dienone is 1. The van der Waals surface area contributed by atoms with Gasteiger partial charge in [0.2, 0.25) is 0 Å². The molecule has 216 valence electrons. The van der Waals surface area contributed by atoms with Crippen LogP contribution in [0, 0.1) is 0 Å². The molecule has 0 unspecified atom stereocenters. The van der Waals surface area contributed by atoms with Crippen LogP contribution in [0.4, 0.5) is 22.0 Å². The van der Waals surface area contributed by atoms with Crippen molar-refractivity contribution < 1.29 is 9.59 Å². The molecule has 1 aromatic carbocycles. The number of carbonyl (C=O) groups is 2. The van der Waals surface area contributed by atoms with Crippen LogP contribution in [0.15, 0.2) is 60.6 Å². The van der Waals surface area contributed by atoms with Gasteiger partial charge in [-0.3, -0.25) is 9.78 Å². The van der Waals surface area contributed by atoms with E-state index in [0.29, 0.717) is 18.7 Å². The Labute approximate surface area is 243 Å². The Bertz CT molecular complexity index is 1430. The molecule has 3 aromatic rings. The third-order valence-electron chi connectivity index (χ3n) is 7.37. The fourth-order valence-electron chi connectivity index (χ4n) is 4.80. The molecule has 0 radical (unpaired) electrons. The first-order chi connectivity index (χ1) is 19.5. The minimum atomic E-state index is -0.222. The molecule has 41 heavy (non-hydrogen) atoms. The predicted octanol–water partition coefficient (Wildman–Crippen LogP) is 5.20. The molecule has 0 bridgehead atoms. The molecule has 9 nitrogen and oxygen atoms in total. The largest absolute Gasteiger partial charge is 0.381 e. The van der Waals surface area contributed by atoms with Gasteiger partial charge < -0.3 is 25.3 Å². The summed E-state index contributed by atoms with van der Waals surface area (Å²) in [6, 6.07) is 11.8. The molecule has 0 saturated carbocycles. The molecular formula is C32H41N7O2. The summed E-state index contributed by atoms with van der Waals surface area (Å²) in [6.07, 6.45) is 5.66. The zero-order valence-electron chi connectivity index (χ0n) is 25.2. The minimum Gasteiger partial charge on any atom is -0.381 e. The zero-order valence-corrected chi connectivity index (χ0v) is 25.2. The Hall–Kier alpha value is -4.24. The summed E-state index contributed by atoms with van der Waals surface area (Å²) < 4.78 is 0. The Morgan fingerprint density at radius 2 is 1.76 bits per heavy atom. The van der Waals surface area contributed by atoms with Crippen LogP contribution < -0.4 is 15.5 Å². The van der Waals surface area contributed by atoms with Crippen molar-refractivity contribution in [3.63, 3.8) is 0 Å². The predicted molar refractivity (Wildman–Crippen MR) is 168 cm³/mol. The number of urea groups is 1. The fourth-order valence-corrected chi connectivity index (χ4v) is 4.80. The van der Waals surface area contributed by atoms with Gasteiger partial charge in [0.1, 0.15) is 5.82 Å². The fraction of sp³-hybridized carbons (Fsp3) is 0.375. The highest BCUT2D eigenvalue weighted by atomic mass is 16.2. The molecule has 2 amide bonds. The number of nitrogens with one attached hydrogen (secondary N) is 2. The number of rotatable bonds is 10. The van der Waals surface area contributed by atoms with Crippen molar-refractivity contribution in [2.45, 2.75) is 26.2 Å². The van der Waals surface area contributed by atoms with E-state index in [4.69, 9.17) is 0 Å². The summed E-state index contributed by atoms with van der Waals surface area (Å²) in [5, 5.41) is 6.28. The highest BCUT2D eigenvalue weighted by Crippen LogP contribution is 2.37. The standard InChI is InChI=1S/C32H41N7O2/c1-21(24-9-11-30(35-19-24)39(7)13-12-37(3)4)14-29(40)31-22(2)17-34-28-10-8-23(16-27(28)31)25-15-26(20-33-18-25)36-32(41)38(5)6/h8-11,15-16,18-21,34H,12-14,17H2,1-7H3,(H,36,41)/t21-/m0/s1. The van der Waals surface area contributed by atoms with Crippen LogP contribution in [0.2, 0.25) is 0 Å². The Morgan fingerprint density at radius 3 is 2.44 bits per heavy atom. The maximum atomic E-state index is 13.8. The number of anilines is 3. The number of aromatic nitrogens is 2. The molecule has 2 N–H and O–H groups in total. The van der Waals surface area contributed by atoms with Gasteiger partial charge >= 0.3 is 6.03 Å². The average molecular weight is 556 g/mol. The first kappa shape index (κ1) is 29.7. The third-order valence-corrected chi connectivity index (χ3v) is 7.37. The molecule has 2 aromatic heterocycles. The van der Waals surface area contributed by atoms with E-state index in [-0.39, 0.29) is 17.7 Å². The number of hydrogen-bond donors (Lipinski definition) is 2. The maximum absolute atomic E-state index is 13.8. The lowest BCUT2D eigenvalue weighted by Gasteiger charge is -2.24. The molecule has 3 heterocycles. The van der Waals surface area contributed by atoms with Crippen LogP contribution in [0.1, 0.15) is 37.3 Å². The van der Waals surface area contributed by atoms with Gasteiger partial charge in [0.15, 0.2) is 5.78 Å². The number of fused-ring (bicyclic) bond motifs is 1. The minimum absolute atomic E-state index is 0.0270. The highest BCUT2D eigenvalue weighted by Gasteiger charge is 2.25. The maximum Gasteiger partial charge on any atom is 0.321 e. The zero-order chi connectivity index (χ0) is 29.7. The second kappa shape index (κ2) is 13.0. The van der Waals surface area contributed by atoms with E-state index >= 15 is 0 Å². The lowest BCUT2D eigenvalue weighted by Crippen LogP contribution is -2.28. The van der Waals surface area contributed by atoms with Crippen molar-refractivity contribution in [2.75, 3.05) is 70.4 Å². The van der Waals surface area contributed by atoms with E-state index in [2.05, 4.69) is 57.5 Å². The summed E-state index contributed by atoms with van der Waals surface area (Å²) in [7, 11) is 9.54. The van der Waals surface area contributed by atoms with Crippen LogP contribution >= 0.6 is 0 Å². The van der Waals surface area contributed by atoms with Crippen molar-refractivity contribution >= 4 is 34.6 Å². The number of benzene rings is 1. The smallest absolute Gasteiger partial charge is 0.321 e. The number of ketones is 1. The molecule has 0 aliphatic carbocycles. The SMILES string of the molecule is CC1=C(C(=O)C[C@H](C)c2ccc(N(C)CCN(C)C)nc2)c2cc(-c3cncc(NC(=O)N(C)C)c3)ccc2NC1. The topological polar surface area (TPSA) is 93.7 Å². The molecule has 1 atom stereocenters. The highest BCUT2D eigenvalue weighted by molar-refractivity contribution is 6.24. The van der Waals surface area contributed by atoms with Crippen molar-refractivity contribution in [2.24, 2.45) is 0 Å². The molecule has 0 spiro atoms. The number of hydrogen-bond acceptors (Lipinski definition) is 7. The van der Waals surface area contributed by atoms with Gasteiger partial charge in [-0.2, -0.15) is 0 Å². The number of amides is 2. The second-order valence-electron chi connectivity index (χ2n) is 11.3. The summed E-state index contributed by atoms with van der Waals surface area (Å²) in [6.45, 7) is 6.57. The number of nitrogens with zero attached hydrogens (tertiary/aromatic N) is 5. The monoisotopic (exact) mass is 555 g/mol. The Balaban J connectivity index is 1.52. The van der Waals surface area contributed by atoms with Gasteiger partial charge in [-0.15, -0.1) is 0 Å². The van der Waals surface area contributed by atoms with Crippen molar-refractivity contribution in [1.29, 1.82) is 0 Å². The van der Waals surface area contributed by atoms with Crippen LogP contribution in [0.5, 0.6) is 0 Å². The van der Waals surface area contributed by atoms with Crippen molar-refractivity contribution in [3.8, 4) is 11.1 Å². The molecule has 1 aliphatic heterocycles.